The Morgan fingerprint density at radius 3 is 2.34 bits per heavy atom. The minimum absolute atomic E-state index is 0.0829. The number of thioether (sulfide) groups is 1. The third-order valence-electron chi connectivity index (χ3n) is 8.75. The molecule has 0 saturated carbocycles. The molecule has 53 heavy (non-hydrogen) atoms. The molecular weight excluding hydrogens is 710 g/mol. The van der Waals surface area contributed by atoms with Crippen molar-refractivity contribution in [3.05, 3.63) is 135 Å². The second-order valence-electron chi connectivity index (χ2n) is 12.3. The highest BCUT2D eigenvalue weighted by Crippen LogP contribution is 2.32. The van der Waals surface area contributed by atoms with E-state index in [9.17, 15) is 25.1 Å². The largest absolute Gasteiger partial charge is 0.416 e. The Kier molecular flexibility index (Phi) is 8.52. The third kappa shape index (κ3) is 9.17. The number of likely N-dealkylation sites (tertiary alicyclic amines) is 1. The minimum Gasteiger partial charge on any atom is -0.383 e. The molecular formula is C41H40F5N3O3S. The van der Waals surface area contributed by atoms with Crippen LogP contribution in [0.5, 0.6) is 0 Å². The molecule has 5 aromatic rings. The van der Waals surface area contributed by atoms with Crippen LogP contribution in [-0.2, 0) is 34.5 Å². The van der Waals surface area contributed by atoms with Crippen LogP contribution < -0.4 is 5.43 Å². The first-order chi connectivity index (χ1) is 29.3. The van der Waals surface area contributed by atoms with Gasteiger partial charge in [-0.25, -0.2) is 8.78 Å². The van der Waals surface area contributed by atoms with Crippen LogP contribution in [0.15, 0.2) is 101 Å². The van der Waals surface area contributed by atoms with Crippen LogP contribution in [-0.4, -0.2) is 59.6 Å². The van der Waals surface area contributed by atoms with E-state index in [0.717, 1.165) is 30.3 Å². The molecule has 6 nitrogen and oxygen atoms in total. The Bertz CT molecular complexity index is 2610. The van der Waals surface area contributed by atoms with E-state index in [4.69, 9.17) is 15.7 Å². The smallest absolute Gasteiger partial charge is 0.383 e. The number of nitrogens with zero attached hydrogens (tertiary/aromatic N) is 3. The number of carbonyl (C=O) groups excluding carboxylic acids is 1. The highest BCUT2D eigenvalue weighted by molar-refractivity contribution is 7.98. The lowest BCUT2D eigenvalue weighted by Gasteiger charge is -2.39. The Balaban J connectivity index is 1.49. The summed E-state index contributed by atoms with van der Waals surface area (Å²) in [6.45, 7) is -4.19. The Hall–Kier alpha value is -4.52. The maximum atomic E-state index is 15.1. The average Bonchev–Trinajstić information content (AvgIpc) is 3.23. The fourth-order valence-corrected chi connectivity index (χ4v) is 6.66. The van der Waals surface area contributed by atoms with Crippen LogP contribution in [0.1, 0.15) is 48.8 Å². The lowest BCUT2D eigenvalue weighted by molar-refractivity contribution is -0.137. The zero-order chi connectivity index (χ0) is 46.6. The van der Waals surface area contributed by atoms with Gasteiger partial charge >= 0.3 is 6.18 Å². The predicted octanol–water partition coefficient (Wildman–Crippen LogP) is 8.71. The molecule has 1 saturated heterocycles. The molecule has 0 atom stereocenters. The topological polar surface area (TPSA) is 54.8 Å². The van der Waals surface area contributed by atoms with Crippen LogP contribution in [0.4, 0.5) is 22.0 Å². The molecule has 0 radical (unpaired) electrons. The number of piperidine rings is 1. The molecule has 1 aromatic heterocycles. The summed E-state index contributed by atoms with van der Waals surface area (Å²) in [5.74, 6) is -4.36. The van der Waals surface area contributed by atoms with E-state index >= 15 is 9.18 Å². The van der Waals surface area contributed by atoms with Gasteiger partial charge < -0.3 is 19.1 Å². The Labute approximate surface area is 323 Å². The zero-order valence-corrected chi connectivity index (χ0v) is 29.4. The van der Waals surface area contributed by atoms with E-state index in [1.54, 1.807) is 29.2 Å². The van der Waals surface area contributed by atoms with E-state index in [0.29, 0.717) is 21.3 Å². The van der Waals surface area contributed by atoms with Gasteiger partial charge in [0.25, 0.3) is 0 Å². The molecule has 1 amide bonds. The van der Waals surface area contributed by atoms with Crippen molar-refractivity contribution in [1.29, 1.82) is 0 Å². The third-order valence-corrected chi connectivity index (χ3v) is 9.55. The number of fused-ring (bicyclic) bond motifs is 1. The molecule has 1 fully saturated rings. The van der Waals surface area contributed by atoms with Gasteiger partial charge in [-0.15, -0.1) is 11.8 Å². The van der Waals surface area contributed by atoms with Crippen LogP contribution in [0.25, 0.3) is 22.0 Å². The molecule has 0 unspecified atom stereocenters. The second-order valence-corrected chi connectivity index (χ2v) is 13.1. The fourth-order valence-electron chi connectivity index (χ4n) is 5.92. The van der Waals surface area contributed by atoms with Gasteiger partial charge in [0.15, 0.2) is 17.1 Å². The van der Waals surface area contributed by atoms with Crippen LogP contribution in [0.2, 0.25) is 0 Å². The summed E-state index contributed by atoms with van der Waals surface area (Å²) >= 11 is -0.0829. The molecule has 1 aliphatic rings. The summed E-state index contributed by atoms with van der Waals surface area (Å²) in [6.07, 6.45) is -4.20. The van der Waals surface area contributed by atoms with Gasteiger partial charge in [0.2, 0.25) is 5.91 Å². The van der Waals surface area contributed by atoms with Gasteiger partial charge in [0.05, 0.1) is 33.6 Å². The van der Waals surface area contributed by atoms with Gasteiger partial charge in [-0.05, 0) is 72.3 Å². The Morgan fingerprint density at radius 2 is 1.68 bits per heavy atom. The van der Waals surface area contributed by atoms with Crippen molar-refractivity contribution in [2.45, 2.75) is 55.8 Å². The number of alkyl halides is 3. The number of hydrogen-bond donors (Lipinski definition) is 0. The summed E-state index contributed by atoms with van der Waals surface area (Å²) in [5, 5.41) is -1.67. The standard InChI is InChI=1S/C41H40F5N3O3S/c1-27-6-15-34-36(22-27)49(39(23-37(34)50)53-26-31-4-3-5-35(42)40(31)43)25-38(51)48(33-16-18-47(19-17-33)20-21-52-2)24-28-7-9-29(10-8-28)30-11-13-32(14-12-30)41(44,45)46/h3-15,22-23,33H,16-21,24-26H2,1-2H3/i6D,15D,21D2,22D,23D,25D2,26D2. The monoisotopic (exact) mass is 759 g/mol. The lowest BCUT2D eigenvalue weighted by atomic mass is 10.00. The predicted molar refractivity (Wildman–Crippen MR) is 198 cm³/mol. The van der Waals surface area contributed by atoms with Gasteiger partial charge in [-0.3, -0.25) is 9.59 Å². The number of pyridine rings is 1. The van der Waals surface area contributed by atoms with Gasteiger partial charge in [-0.1, -0.05) is 54.6 Å². The molecule has 4 aromatic carbocycles. The van der Waals surface area contributed by atoms with Crippen molar-refractivity contribution >= 4 is 28.6 Å². The van der Waals surface area contributed by atoms with Crippen molar-refractivity contribution in [2.24, 2.45) is 0 Å². The molecule has 12 heteroatoms. The van der Waals surface area contributed by atoms with Crippen molar-refractivity contribution < 1.29 is 45.2 Å². The summed E-state index contributed by atoms with van der Waals surface area (Å²) in [7, 11) is 1.21. The van der Waals surface area contributed by atoms with Crippen molar-refractivity contribution in [3.63, 3.8) is 0 Å². The minimum atomic E-state index is -4.54. The number of carbonyl (C=O) groups is 1. The quantitative estimate of drug-likeness (QED) is 0.0942. The molecule has 0 aliphatic carbocycles. The molecule has 278 valence electrons. The van der Waals surface area contributed by atoms with Crippen molar-refractivity contribution in [2.75, 3.05) is 33.3 Å². The number of amides is 1. The summed E-state index contributed by atoms with van der Waals surface area (Å²) in [5.41, 5.74) is -5.61. The number of hydrogen-bond acceptors (Lipinski definition) is 5. The van der Waals surface area contributed by atoms with E-state index < -0.39 is 105 Å². The van der Waals surface area contributed by atoms with Crippen LogP contribution in [0.3, 0.4) is 0 Å². The van der Waals surface area contributed by atoms with E-state index in [1.165, 1.54) is 31.1 Å². The lowest BCUT2D eigenvalue weighted by Crippen LogP contribution is -2.48. The molecule has 1 aliphatic heterocycles. The number of rotatable bonds is 12. The van der Waals surface area contributed by atoms with E-state index in [-0.39, 0.29) is 56.3 Å². The van der Waals surface area contributed by atoms with Gasteiger partial charge in [-0.2, -0.15) is 13.2 Å². The summed E-state index contributed by atoms with van der Waals surface area (Å²) in [4.78, 5) is 32.0. The molecule has 0 bridgehead atoms. The highest BCUT2D eigenvalue weighted by Gasteiger charge is 2.31. The van der Waals surface area contributed by atoms with E-state index in [1.807, 2.05) is 0 Å². The van der Waals surface area contributed by atoms with Gasteiger partial charge in [0.1, 0.15) is 6.50 Å². The van der Waals surface area contributed by atoms with Crippen molar-refractivity contribution in [1.82, 2.24) is 14.4 Å². The first-order valence-corrected chi connectivity index (χ1v) is 17.3. The number of methoxy groups -OCH3 is 1. The number of benzene rings is 4. The van der Waals surface area contributed by atoms with Crippen LogP contribution in [0, 0.1) is 18.6 Å². The molecule has 6 rings (SSSR count). The Morgan fingerprint density at radius 1 is 1.00 bits per heavy atom. The van der Waals surface area contributed by atoms with Crippen molar-refractivity contribution in [3.8, 4) is 11.1 Å². The maximum Gasteiger partial charge on any atom is 0.416 e. The fraction of sp³-hybridized carbons (Fsp3) is 0.317. The summed E-state index contributed by atoms with van der Waals surface area (Å²) < 4.78 is 162. The molecule has 0 N–H and O–H groups in total. The SMILES string of the molecule is [2H]c1c(C)c([2H])c2c(c1[2H])c(=O)c([2H])c(SC([2H])([2H])c1cccc(F)c1F)n2C([2H])([2H])C(=O)N(Cc1ccc(-c2ccc(C(F)(F)F)cc2)cc1)C1CCN(CC([2H])([2H])OC)CC1. The highest BCUT2D eigenvalue weighted by atomic mass is 32.2. The number of ether oxygens (including phenoxy) is 1. The number of aromatic nitrogens is 1. The maximum absolute atomic E-state index is 15.1. The average molecular weight is 760 g/mol. The van der Waals surface area contributed by atoms with Gasteiger partial charge in [0, 0.05) is 64.8 Å². The first-order valence-electron chi connectivity index (χ1n) is 21.5. The van der Waals surface area contributed by atoms with E-state index in [2.05, 4.69) is 0 Å². The van der Waals surface area contributed by atoms with Crippen LogP contribution >= 0.6 is 11.8 Å². The molecule has 2 heterocycles. The normalized spacial score (nSPS) is 17.7. The number of halogens is 5. The molecule has 0 spiro atoms. The first kappa shape index (κ1) is 27.1. The summed E-state index contributed by atoms with van der Waals surface area (Å²) in [6, 6.07) is 9.49. The zero-order valence-electron chi connectivity index (χ0n) is 38.5. The second kappa shape index (κ2) is 16.7.